The molecule has 0 radical (unpaired) electrons. The van der Waals surface area contributed by atoms with Crippen molar-refractivity contribution in [3.05, 3.63) is 106 Å². The number of rotatable bonds is 6. The normalized spacial score (nSPS) is 13.0. The maximum absolute atomic E-state index is 12.8. The number of nitrogens with one attached hydrogen (secondary N) is 1. The van der Waals surface area contributed by atoms with Crippen LogP contribution in [0.5, 0.6) is 0 Å². The maximum Gasteiger partial charge on any atom is 0.251 e. The van der Waals surface area contributed by atoms with Crippen LogP contribution in [0.1, 0.15) is 33.5 Å². The highest BCUT2D eigenvalue weighted by Gasteiger charge is 2.26. The first-order valence-corrected chi connectivity index (χ1v) is 11.9. The Morgan fingerprint density at radius 2 is 1.77 bits per heavy atom. The molecule has 2 amide bonds. The molecule has 7 heteroatoms. The molecule has 176 valence electrons. The number of aromatic nitrogens is 2. The number of anilines is 1. The molecule has 1 N–H and O–H groups in total. The van der Waals surface area contributed by atoms with E-state index in [0.29, 0.717) is 36.6 Å². The number of hydrogen-bond donors (Lipinski definition) is 1. The zero-order valence-electron chi connectivity index (χ0n) is 19.4. The lowest BCUT2D eigenvalue weighted by molar-refractivity contribution is -0.119. The quantitative estimate of drug-likeness (QED) is 0.399. The average Bonchev–Trinajstić information content (AvgIpc) is 3.31. The van der Waals surface area contributed by atoms with Crippen molar-refractivity contribution in [3.63, 3.8) is 0 Å². The van der Waals surface area contributed by atoms with E-state index < -0.39 is 0 Å². The van der Waals surface area contributed by atoms with Crippen molar-refractivity contribution in [2.75, 3.05) is 4.90 Å². The maximum atomic E-state index is 12.8. The monoisotopic (exact) mass is 484 g/mol. The first-order valence-electron chi connectivity index (χ1n) is 11.5. The summed E-state index contributed by atoms with van der Waals surface area (Å²) in [5.41, 5.74) is 5.52. The van der Waals surface area contributed by atoms with Gasteiger partial charge in [0.05, 0.1) is 18.8 Å². The molecule has 0 aliphatic carbocycles. The molecule has 1 aliphatic rings. The molecule has 5 rings (SSSR count). The molecule has 0 fully saturated rings. The Morgan fingerprint density at radius 3 is 2.51 bits per heavy atom. The van der Waals surface area contributed by atoms with Crippen LogP contribution < -0.4 is 10.2 Å². The Morgan fingerprint density at radius 1 is 1.03 bits per heavy atom. The number of fused-ring (bicyclic) bond motifs is 1. The molecule has 3 aromatic carbocycles. The minimum Gasteiger partial charge on any atom is -0.348 e. The topological polar surface area (TPSA) is 67.2 Å². The molecule has 2 heterocycles. The third-order valence-corrected chi connectivity index (χ3v) is 6.52. The van der Waals surface area contributed by atoms with Crippen LogP contribution in [0.4, 0.5) is 5.82 Å². The number of amides is 2. The number of carbonyl (C=O) groups is 2. The van der Waals surface area contributed by atoms with Crippen LogP contribution in [-0.4, -0.2) is 21.6 Å². The molecule has 0 bridgehead atoms. The molecule has 0 atom stereocenters. The van der Waals surface area contributed by atoms with Crippen LogP contribution in [0.15, 0.2) is 78.9 Å². The van der Waals surface area contributed by atoms with Crippen LogP contribution in [0.3, 0.4) is 0 Å². The van der Waals surface area contributed by atoms with Gasteiger partial charge in [0.2, 0.25) is 5.91 Å². The predicted octanol–water partition coefficient (Wildman–Crippen LogP) is 5.38. The van der Waals surface area contributed by atoms with Crippen LogP contribution in [-0.2, 0) is 24.4 Å². The van der Waals surface area contributed by atoms with E-state index in [1.807, 2.05) is 78.3 Å². The van der Waals surface area contributed by atoms with Crippen molar-refractivity contribution in [1.29, 1.82) is 0 Å². The Bertz CT molecular complexity index is 1380. The van der Waals surface area contributed by atoms with Crippen LogP contribution in [0, 0.1) is 6.92 Å². The van der Waals surface area contributed by atoms with Gasteiger partial charge < -0.3 is 5.32 Å². The van der Waals surface area contributed by atoms with Crippen LogP contribution in [0.2, 0.25) is 5.02 Å². The first kappa shape index (κ1) is 22.9. The van der Waals surface area contributed by atoms with Crippen molar-refractivity contribution in [2.45, 2.75) is 33.0 Å². The standard InChI is InChI=1S/C28H25ClN4O2/c1-19-4-2-3-5-23(19)17-30-28(35)22-8-6-20(7-9-22)18-32-26-16-25(21-10-12-24(29)13-11-21)31-33(26)15-14-27(32)34/h2-13,16H,14-15,17-18H2,1H3,(H,30,35). The Balaban J connectivity index is 1.29. The molecular formula is C28H25ClN4O2. The summed E-state index contributed by atoms with van der Waals surface area (Å²) in [7, 11) is 0. The van der Waals surface area contributed by atoms with Gasteiger partial charge >= 0.3 is 0 Å². The van der Waals surface area contributed by atoms with Gasteiger partial charge in [-0.2, -0.15) is 5.10 Å². The second-order valence-electron chi connectivity index (χ2n) is 8.65. The summed E-state index contributed by atoms with van der Waals surface area (Å²) in [5.74, 6) is 0.700. The summed E-state index contributed by atoms with van der Waals surface area (Å²) in [6.07, 6.45) is 0.397. The lowest BCUT2D eigenvalue weighted by Gasteiger charge is -2.27. The van der Waals surface area contributed by atoms with Crippen molar-refractivity contribution >= 4 is 29.2 Å². The Labute approximate surface area is 209 Å². The predicted molar refractivity (Wildman–Crippen MR) is 137 cm³/mol. The number of carbonyl (C=O) groups excluding carboxylic acids is 2. The number of benzene rings is 3. The summed E-state index contributed by atoms with van der Waals surface area (Å²) >= 11 is 6.01. The fourth-order valence-electron chi connectivity index (χ4n) is 4.21. The van der Waals surface area contributed by atoms with Gasteiger partial charge in [-0.15, -0.1) is 0 Å². The van der Waals surface area contributed by atoms with Gasteiger partial charge in [-0.05, 0) is 47.9 Å². The van der Waals surface area contributed by atoms with Gasteiger partial charge in [-0.1, -0.05) is 60.1 Å². The van der Waals surface area contributed by atoms with E-state index in [4.69, 9.17) is 16.7 Å². The number of hydrogen-bond acceptors (Lipinski definition) is 3. The van der Waals surface area contributed by atoms with E-state index in [1.54, 1.807) is 17.0 Å². The third kappa shape index (κ3) is 4.98. The number of nitrogens with zero attached hydrogens (tertiary/aromatic N) is 3. The molecule has 1 aliphatic heterocycles. The Hall–Kier alpha value is -3.90. The number of aryl methyl sites for hydroxylation is 2. The molecule has 35 heavy (non-hydrogen) atoms. The van der Waals surface area contributed by atoms with E-state index in [1.165, 1.54) is 0 Å². The fraction of sp³-hybridized carbons (Fsp3) is 0.179. The lowest BCUT2D eigenvalue weighted by Crippen LogP contribution is -2.36. The lowest BCUT2D eigenvalue weighted by atomic mass is 10.1. The fourth-order valence-corrected chi connectivity index (χ4v) is 4.34. The molecule has 6 nitrogen and oxygen atoms in total. The summed E-state index contributed by atoms with van der Waals surface area (Å²) in [4.78, 5) is 27.1. The van der Waals surface area contributed by atoms with Gasteiger partial charge in [-0.3, -0.25) is 14.5 Å². The smallest absolute Gasteiger partial charge is 0.251 e. The zero-order valence-corrected chi connectivity index (χ0v) is 20.1. The molecule has 1 aromatic heterocycles. The highest BCUT2D eigenvalue weighted by atomic mass is 35.5. The third-order valence-electron chi connectivity index (χ3n) is 6.27. The second kappa shape index (κ2) is 9.76. The average molecular weight is 485 g/mol. The Kier molecular flexibility index (Phi) is 6.38. The van der Waals surface area contributed by atoms with Gasteiger partial charge in [-0.25, -0.2) is 4.68 Å². The summed E-state index contributed by atoms with van der Waals surface area (Å²) in [6, 6.07) is 24.8. The molecular weight excluding hydrogens is 460 g/mol. The molecule has 0 spiro atoms. The van der Waals surface area contributed by atoms with E-state index >= 15 is 0 Å². The number of halogens is 1. The summed E-state index contributed by atoms with van der Waals surface area (Å²) < 4.78 is 1.87. The SMILES string of the molecule is Cc1ccccc1CNC(=O)c1ccc(CN2C(=O)CCn3nc(-c4ccc(Cl)cc4)cc32)cc1. The molecule has 0 saturated carbocycles. The highest BCUT2D eigenvalue weighted by Crippen LogP contribution is 2.30. The summed E-state index contributed by atoms with van der Waals surface area (Å²) in [6.45, 7) is 3.48. The van der Waals surface area contributed by atoms with Crippen molar-refractivity contribution in [1.82, 2.24) is 15.1 Å². The first-order chi connectivity index (χ1) is 17.0. The zero-order chi connectivity index (χ0) is 24.4. The van der Waals surface area contributed by atoms with E-state index in [2.05, 4.69) is 5.32 Å². The largest absolute Gasteiger partial charge is 0.348 e. The van der Waals surface area contributed by atoms with Gasteiger partial charge in [0, 0.05) is 35.2 Å². The van der Waals surface area contributed by atoms with Crippen LogP contribution in [0.25, 0.3) is 11.3 Å². The molecule has 0 unspecified atom stereocenters. The minimum atomic E-state index is -0.125. The van der Waals surface area contributed by atoms with Gasteiger partial charge in [0.1, 0.15) is 5.82 Å². The van der Waals surface area contributed by atoms with E-state index in [0.717, 1.165) is 33.8 Å². The molecule has 4 aromatic rings. The minimum absolute atomic E-state index is 0.0557. The van der Waals surface area contributed by atoms with E-state index in [9.17, 15) is 9.59 Å². The van der Waals surface area contributed by atoms with Crippen LogP contribution >= 0.6 is 11.6 Å². The van der Waals surface area contributed by atoms with Crippen molar-refractivity contribution in [3.8, 4) is 11.3 Å². The van der Waals surface area contributed by atoms with Gasteiger partial charge in [0.15, 0.2) is 0 Å². The van der Waals surface area contributed by atoms with E-state index in [-0.39, 0.29) is 11.8 Å². The van der Waals surface area contributed by atoms with Crippen molar-refractivity contribution in [2.24, 2.45) is 0 Å². The molecule has 0 saturated heterocycles. The van der Waals surface area contributed by atoms with Crippen molar-refractivity contribution < 1.29 is 9.59 Å². The second-order valence-corrected chi connectivity index (χ2v) is 9.09. The highest BCUT2D eigenvalue weighted by molar-refractivity contribution is 6.30. The van der Waals surface area contributed by atoms with Gasteiger partial charge in [0.25, 0.3) is 5.91 Å². The summed E-state index contributed by atoms with van der Waals surface area (Å²) in [5, 5.41) is 8.34.